The van der Waals surface area contributed by atoms with Gasteiger partial charge in [-0.25, -0.2) is 0 Å². The summed E-state index contributed by atoms with van der Waals surface area (Å²) in [5, 5.41) is 4.66. The molecule has 0 spiro atoms. The number of amides is 1. The Hall–Kier alpha value is -3.06. The van der Waals surface area contributed by atoms with Crippen molar-refractivity contribution in [3.8, 4) is 11.5 Å². The summed E-state index contributed by atoms with van der Waals surface area (Å²) in [6.45, 7) is 0.451. The van der Waals surface area contributed by atoms with Crippen LogP contribution in [0.25, 0.3) is 0 Å². The summed E-state index contributed by atoms with van der Waals surface area (Å²) in [6.07, 6.45) is 1.72. The summed E-state index contributed by atoms with van der Waals surface area (Å²) in [5.41, 5.74) is 1.81. The van der Waals surface area contributed by atoms with Crippen molar-refractivity contribution in [3.63, 3.8) is 0 Å². The standard InChI is InChI=1S/C22H22ClN3O4/c1-28-17-7-3-14(4-8-17)5-10-20-24-22(25-30-20)15-11-21(27)26(13-15)18-12-16(23)6-9-19(18)29-2/h3-4,6-9,12,15H,5,10-11,13H2,1-2H3. The number of carbonyl (C=O) groups is 1. The lowest BCUT2D eigenvalue weighted by molar-refractivity contribution is -0.117. The van der Waals surface area contributed by atoms with Crippen molar-refractivity contribution < 1.29 is 18.8 Å². The Balaban J connectivity index is 1.42. The van der Waals surface area contributed by atoms with Gasteiger partial charge in [0.15, 0.2) is 5.82 Å². The van der Waals surface area contributed by atoms with Crippen LogP contribution >= 0.6 is 11.6 Å². The van der Waals surface area contributed by atoms with Crippen molar-refractivity contribution in [3.05, 3.63) is 64.8 Å². The molecule has 0 radical (unpaired) electrons. The van der Waals surface area contributed by atoms with Crippen LogP contribution in [0, 0.1) is 0 Å². The second-order valence-electron chi connectivity index (χ2n) is 7.12. The zero-order chi connectivity index (χ0) is 21.1. The number of anilines is 1. The van der Waals surface area contributed by atoms with Crippen molar-refractivity contribution in [2.45, 2.75) is 25.2 Å². The first-order valence-electron chi connectivity index (χ1n) is 9.66. The fourth-order valence-corrected chi connectivity index (χ4v) is 3.73. The molecule has 1 amide bonds. The number of ether oxygens (including phenoxy) is 2. The van der Waals surface area contributed by atoms with Crippen molar-refractivity contribution in [2.24, 2.45) is 0 Å². The number of halogens is 1. The van der Waals surface area contributed by atoms with Gasteiger partial charge in [0.05, 0.1) is 19.9 Å². The molecule has 1 fully saturated rings. The minimum absolute atomic E-state index is 0.0230. The smallest absolute Gasteiger partial charge is 0.227 e. The predicted molar refractivity (Wildman–Crippen MR) is 112 cm³/mol. The Morgan fingerprint density at radius 1 is 1.13 bits per heavy atom. The number of hydrogen-bond donors (Lipinski definition) is 0. The molecule has 3 aromatic rings. The number of benzene rings is 2. The highest BCUT2D eigenvalue weighted by atomic mass is 35.5. The summed E-state index contributed by atoms with van der Waals surface area (Å²) in [7, 11) is 3.21. The van der Waals surface area contributed by atoms with Gasteiger partial charge in [0.25, 0.3) is 0 Å². The normalized spacial score (nSPS) is 16.2. The number of aryl methyl sites for hydroxylation is 2. The highest BCUT2D eigenvalue weighted by molar-refractivity contribution is 6.31. The minimum atomic E-state index is -0.139. The summed E-state index contributed by atoms with van der Waals surface area (Å²) in [6, 6.07) is 13.1. The molecule has 1 saturated heterocycles. The summed E-state index contributed by atoms with van der Waals surface area (Å²) in [5.74, 6) is 2.38. The van der Waals surface area contributed by atoms with E-state index in [2.05, 4.69) is 10.1 Å². The van der Waals surface area contributed by atoms with Gasteiger partial charge < -0.3 is 18.9 Å². The Morgan fingerprint density at radius 3 is 2.67 bits per heavy atom. The van der Waals surface area contributed by atoms with E-state index < -0.39 is 0 Å². The van der Waals surface area contributed by atoms with Gasteiger partial charge in [0.2, 0.25) is 11.8 Å². The van der Waals surface area contributed by atoms with Gasteiger partial charge in [0.1, 0.15) is 11.5 Å². The zero-order valence-electron chi connectivity index (χ0n) is 16.8. The Labute approximate surface area is 179 Å². The Bertz CT molecular complexity index is 1040. The van der Waals surface area contributed by atoms with Crippen LogP contribution < -0.4 is 14.4 Å². The van der Waals surface area contributed by atoms with Crippen LogP contribution in [0.1, 0.15) is 29.6 Å². The number of hydrogen-bond acceptors (Lipinski definition) is 6. The minimum Gasteiger partial charge on any atom is -0.497 e. The average molecular weight is 428 g/mol. The molecule has 8 heteroatoms. The molecule has 1 aliphatic heterocycles. The van der Waals surface area contributed by atoms with E-state index in [4.69, 9.17) is 25.6 Å². The molecule has 1 unspecified atom stereocenters. The van der Waals surface area contributed by atoms with Gasteiger partial charge in [-0.15, -0.1) is 0 Å². The third-order valence-electron chi connectivity index (χ3n) is 5.19. The molecule has 1 aromatic heterocycles. The first-order chi connectivity index (χ1) is 14.6. The largest absolute Gasteiger partial charge is 0.497 e. The first-order valence-corrected chi connectivity index (χ1v) is 10.0. The van der Waals surface area contributed by atoms with E-state index in [-0.39, 0.29) is 11.8 Å². The molecular formula is C22H22ClN3O4. The molecule has 0 N–H and O–H groups in total. The van der Waals surface area contributed by atoms with E-state index in [9.17, 15) is 4.79 Å². The lowest BCUT2D eigenvalue weighted by Crippen LogP contribution is -2.25. The second kappa shape index (κ2) is 8.75. The second-order valence-corrected chi connectivity index (χ2v) is 7.55. The molecule has 0 saturated carbocycles. The van der Waals surface area contributed by atoms with Crippen LogP contribution in [-0.4, -0.2) is 36.8 Å². The average Bonchev–Trinajstić information content (AvgIpc) is 3.39. The lowest BCUT2D eigenvalue weighted by atomic mass is 10.1. The van der Waals surface area contributed by atoms with Crippen LogP contribution in [-0.2, 0) is 17.6 Å². The number of aromatic nitrogens is 2. The molecule has 1 aliphatic rings. The fourth-order valence-electron chi connectivity index (χ4n) is 3.57. The zero-order valence-corrected chi connectivity index (χ0v) is 17.6. The van der Waals surface area contributed by atoms with Crippen LogP contribution in [0.15, 0.2) is 47.0 Å². The number of rotatable bonds is 7. The quantitative estimate of drug-likeness (QED) is 0.566. The van der Waals surface area contributed by atoms with Crippen LogP contribution in [0.5, 0.6) is 11.5 Å². The maximum absolute atomic E-state index is 12.6. The molecule has 4 rings (SSSR count). The number of carbonyl (C=O) groups excluding carboxylic acids is 1. The number of nitrogens with zero attached hydrogens (tertiary/aromatic N) is 3. The van der Waals surface area contributed by atoms with Crippen LogP contribution in [0.4, 0.5) is 5.69 Å². The maximum Gasteiger partial charge on any atom is 0.227 e. The van der Waals surface area contributed by atoms with Crippen molar-refractivity contribution in [1.82, 2.24) is 10.1 Å². The van der Waals surface area contributed by atoms with Gasteiger partial charge >= 0.3 is 0 Å². The van der Waals surface area contributed by atoms with Crippen molar-refractivity contribution in [1.29, 1.82) is 0 Å². The molecule has 7 nitrogen and oxygen atoms in total. The molecule has 0 aliphatic carbocycles. The van der Waals surface area contributed by atoms with E-state index in [1.165, 1.54) is 0 Å². The highest BCUT2D eigenvalue weighted by Crippen LogP contribution is 2.37. The molecular weight excluding hydrogens is 406 g/mol. The monoisotopic (exact) mass is 427 g/mol. The highest BCUT2D eigenvalue weighted by Gasteiger charge is 2.35. The SMILES string of the molecule is COc1ccc(CCc2nc(C3CC(=O)N(c4cc(Cl)ccc4OC)C3)no2)cc1. The summed E-state index contributed by atoms with van der Waals surface area (Å²) >= 11 is 6.12. The molecule has 2 aromatic carbocycles. The predicted octanol–water partition coefficient (Wildman–Crippen LogP) is 4.05. The Morgan fingerprint density at radius 2 is 1.93 bits per heavy atom. The van der Waals surface area contributed by atoms with E-state index in [1.54, 1.807) is 37.3 Å². The molecule has 156 valence electrons. The van der Waals surface area contributed by atoms with Crippen molar-refractivity contribution in [2.75, 3.05) is 25.7 Å². The van der Waals surface area contributed by atoms with E-state index in [0.717, 1.165) is 17.7 Å². The third kappa shape index (κ3) is 4.26. The van der Waals surface area contributed by atoms with Crippen molar-refractivity contribution >= 4 is 23.2 Å². The van der Waals surface area contributed by atoms with E-state index in [1.807, 2.05) is 24.3 Å². The molecule has 1 atom stereocenters. The van der Waals surface area contributed by atoms with Gasteiger partial charge in [-0.1, -0.05) is 28.9 Å². The lowest BCUT2D eigenvalue weighted by Gasteiger charge is -2.19. The molecule has 2 heterocycles. The number of methoxy groups -OCH3 is 2. The third-order valence-corrected chi connectivity index (χ3v) is 5.43. The molecule has 30 heavy (non-hydrogen) atoms. The molecule has 0 bridgehead atoms. The topological polar surface area (TPSA) is 77.7 Å². The van der Waals surface area contributed by atoms with E-state index in [0.29, 0.717) is 47.6 Å². The van der Waals surface area contributed by atoms with Gasteiger partial charge in [-0.05, 0) is 42.3 Å². The van der Waals surface area contributed by atoms with Gasteiger partial charge in [-0.3, -0.25) is 4.79 Å². The first kappa shape index (κ1) is 20.2. The van der Waals surface area contributed by atoms with Crippen LogP contribution in [0.3, 0.4) is 0 Å². The summed E-state index contributed by atoms with van der Waals surface area (Å²) in [4.78, 5) is 18.8. The maximum atomic E-state index is 12.6. The summed E-state index contributed by atoms with van der Waals surface area (Å²) < 4.78 is 16.0. The van der Waals surface area contributed by atoms with Gasteiger partial charge in [-0.2, -0.15) is 4.98 Å². The van der Waals surface area contributed by atoms with E-state index >= 15 is 0 Å². The van der Waals surface area contributed by atoms with Crippen LogP contribution in [0.2, 0.25) is 5.02 Å². The van der Waals surface area contributed by atoms with Gasteiger partial charge in [0, 0.05) is 30.3 Å². The Kier molecular flexibility index (Phi) is 5.90. The fraction of sp³-hybridized carbons (Fsp3) is 0.318.